The number of carbonyl (C=O) groups excluding carboxylic acids is 1. The zero-order chi connectivity index (χ0) is 9.40. The first-order valence-corrected chi connectivity index (χ1v) is 5.13. The van der Waals surface area contributed by atoms with Crippen molar-refractivity contribution in [3.8, 4) is 0 Å². The van der Waals surface area contributed by atoms with Crippen LogP contribution in [0.4, 0.5) is 0 Å². The maximum atomic E-state index is 11.3. The minimum Gasteiger partial charge on any atom is -0.356 e. The highest BCUT2D eigenvalue weighted by molar-refractivity contribution is 6.17. The maximum Gasteiger partial charge on any atom is 0.223 e. The number of nitrogens with one attached hydrogen (secondary N) is 1. The third-order valence-corrected chi connectivity index (χ3v) is 2.23. The summed E-state index contributed by atoms with van der Waals surface area (Å²) in [6.45, 7) is 4.78. The monoisotopic (exact) mass is 191 g/mol. The lowest BCUT2D eigenvalue weighted by molar-refractivity contribution is -0.125. The average molecular weight is 192 g/mol. The number of amides is 1. The van der Waals surface area contributed by atoms with Crippen LogP contribution in [0.25, 0.3) is 0 Å². The third kappa shape index (κ3) is 4.60. The molecule has 3 heteroatoms. The van der Waals surface area contributed by atoms with Crippen LogP contribution in [0.3, 0.4) is 0 Å². The zero-order valence-electron chi connectivity index (χ0n) is 7.90. The van der Waals surface area contributed by atoms with Gasteiger partial charge < -0.3 is 5.32 Å². The lowest BCUT2D eigenvalue weighted by atomic mass is 10.0. The lowest BCUT2D eigenvalue weighted by Crippen LogP contribution is -2.30. The maximum absolute atomic E-state index is 11.3. The van der Waals surface area contributed by atoms with Gasteiger partial charge in [-0.3, -0.25) is 4.79 Å². The van der Waals surface area contributed by atoms with Crippen LogP contribution in [0, 0.1) is 5.92 Å². The van der Waals surface area contributed by atoms with Crippen molar-refractivity contribution >= 4 is 17.5 Å². The van der Waals surface area contributed by atoms with Crippen molar-refractivity contribution in [3.05, 3.63) is 0 Å². The van der Waals surface area contributed by atoms with Gasteiger partial charge in [0.15, 0.2) is 0 Å². The summed E-state index contributed by atoms with van der Waals surface area (Å²) < 4.78 is 0. The molecule has 0 rings (SSSR count). The van der Waals surface area contributed by atoms with Gasteiger partial charge in [-0.05, 0) is 19.3 Å². The van der Waals surface area contributed by atoms with E-state index in [9.17, 15) is 4.79 Å². The molecular formula is C9H18ClNO. The van der Waals surface area contributed by atoms with Gasteiger partial charge >= 0.3 is 0 Å². The molecule has 1 N–H and O–H groups in total. The zero-order valence-corrected chi connectivity index (χ0v) is 8.66. The summed E-state index contributed by atoms with van der Waals surface area (Å²) in [7, 11) is 0. The Kier molecular flexibility index (Phi) is 7.26. The number of rotatable bonds is 6. The van der Waals surface area contributed by atoms with Crippen molar-refractivity contribution in [1.82, 2.24) is 5.32 Å². The van der Waals surface area contributed by atoms with E-state index in [1.54, 1.807) is 0 Å². The molecule has 2 nitrogen and oxygen atoms in total. The fraction of sp³-hybridized carbons (Fsp3) is 0.889. The van der Waals surface area contributed by atoms with Crippen LogP contribution in [-0.4, -0.2) is 18.3 Å². The number of halogens is 1. The molecule has 0 aromatic rings. The second-order valence-electron chi connectivity index (χ2n) is 2.85. The summed E-state index contributed by atoms with van der Waals surface area (Å²) in [5.74, 6) is 0.967. The van der Waals surface area contributed by atoms with E-state index in [-0.39, 0.29) is 11.8 Å². The Morgan fingerprint density at radius 3 is 2.42 bits per heavy atom. The molecular weight excluding hydrogens is 174 g/mol. The molecule has 0 aromatic heterocycles. The molecule has 0 aromatic carbocycles. The minimum absolute atomic E-state index is 0.171. The Morgan fingerprint density at radius 1 is 1.42 bits per heavy atom. The first-order chi connectivity index (χ1) is 5.76. The Hall–Kier alpha value is -0.240. The number of hydrogen-bond donors (Lipinski definition) is 1. The van der Waals surface area contributed by atoms with E-state index in [2.05, 4.69) is 5.32 Å². The Morgan fingerprint density at radius 2 is 2.00 bits per heavy atom. The largest absolute Gasteiger partial charge is 0.356 e. The molecule has 12 heavy (non-hydrogen) atoms. The van der Waals surface area contributed by atoms with Crippen LogP contribution in [0.1, 0.15) is 33.1 Å². The second kappa shape index (κ2) is 7.41. The van der Waals surface area contributed by atoms with Crippen LogP contribution < -0.4 is 5.32 Å². The van der Waals surface area contributed by atoms with Gasteiger partial charge in [0.1, 0.15) is 0 Å². The highest BCUT2D eigenvalue weighted by atomic mass is 35.5. The highest BCUT2D eigenvalue weighted by Gasteiger charge is 2.12. The number of carbonyl (C=O) groups is 1. The van der Waals surface area contributed by atoms with Gasteiger partial charge in [-0.25, -0.2) is 0 Å². The molecule has 72 valence electrons. The molecule has 0 heterocycles. The molecule has 0 unspecified atom stereocenters. The van der Waals surface area contributed by atoms with Crippen molar-refractivity contribution < 1.29 is 4.79 Å². The summed E-state index contributed by atoms with van der Waals surface area (Å²) in [5, 5.41) is 2.86. The van der Waals surface area contributed by atoms with Crippen LogP contribution in [0.5, 0.6) is 0 Å². The SMILES string of the molecule is CCC(CC)C(=O)NCCCCl. The molecule has 0 aliphatic rings. The van der Waals surface area contributed by atoms with Gasteiger partial charge in [0.05, 0.1) is 0 Å². The molecule has 0 aliphatic carbocycles. The quantitative estimate of drug-likeness (QED) is 0.506. The molecule has 0 radical (unpaired) electrons. The molecule has 0 spiro atoms. The molecule has 0 fully saturated rings. The van der Waals surface area contributed by atoms with E-state index in [0.29, 0.717) is 12.4 Å². The molecule has 0 aliphatic heterocycles. The van der Waals surface area contributed by atoms with Gasteiger partial charge in [0.25, 0.3) is 0 Å². The van der Waals surface area contributed by atoms with Crippen molar-refractivity contribution in [2.45, 2.75) is 33.1 Å². The van der Waals surface area contributed by atoms with Gasteiger partial charge in [-0.15, -0.1) is 11.6 Å². The summed E-state index contributed by atoms with van der Waals surface area (Å²) in [6.07, 6.45) is 2.69. The Balaban J connectivity index is 3.54. The van der Waals surface area contributed by atoms with Crippen LogP contribution in [-0.2, 0) is 4.79 Å². The number of hydrogen-bond acceptors (Lipinski definition) is 1. The summed E-state index contributed by atoms with van der Waals surface area (Å²) in [5.41, 5.74) is 0. The van der Waals surface area contributed by atoms with Gasteiger partial charge in [-0.1, -0.05) is 13.8 Å². The Bertz CT molecular complexity index is 124. The normalized spacial score (nSPS) is 10.3. The summed E-state index contributed by atoms with van der Waals surface area (Å²) in [4.78, 5) is 11.3. The minimum atomic E-state index is 0.171. The van der Waals surface area contributed by atoms with Crippen LogP contribution in [0.2, 0.25) is 0 Å². The van der Waals surface area contributed by atoms with E-state index in [0.717, 1.165) is 19.3 Å². The molecule has 0 saturated carbocycles. The first kappa shape index (κ1) is 11.8. The van der Waals surface area contributed by atoms with Crippen molar-refractivity contribution in [2.75, 3.05) is 12.4 Å². The summed E-state index contributed by atoms with van der Waals surface area (Å²) in [6, 6.07) is 0. The molecule has 0 bridgehead atoms. The predicted molar refractivity (Wildman–Crippen MR) is 52.4 cm³/mol. The molecule has 1 amide bonds. The van der Waals surface area contributed by atoms with Gasteiger partial charge in [-0.2, -0.15) is 0 Å². The fourth-order valence-electron chi connectivity index (χ4n) is 1.08. The van der Waals surface area contributed by atoms with E-state index in [1.165, 1.54) is 0 Å². The first-order valence-electron chi connectivity index (χ1n) is 4.59. The highest BCUT2D eigenvalue weighted by Crippen LogP contribution is 2.06. The van der Waals surface area contributed by atoms with E-state index < -0.39 is 0 Å². The standard InChI is InChI=1S/C9H18ClNO/c1-3-8(4-2)9(12)11-7-5-6-10/h8H,3-7H2,1-2H3,(H,11,12). The topological polar surface area (TPSA) is 29.1 Å². The third-order valence-electron chi connectivity index (χ3n) is 1.97. The van der Waals surface area contributed by atoms with E-state index >= 15 is 0 Å². The van der Waals surface area contributed by atoms with Gasteiger partial charge in [0.2, 0.25) is 5.91 Å². The van der Waals surface area contributed by atoms with Crippen molar-refractivity contribution in [3.63, 3.8) is 0 Å². The smallest absolute Gasteiger partial charge is 0.223 e. The predicted octanol–water partition coefficient (Wildman–Crippen LogP) is 2.17. The van der Waals surface area contributed by atoms with Crippen molar-refractivity contribution in [1.29, 1.82) is 0 Å². The fourth-order valence-corrected chi connectivity index (χ4v) is 1.22. The van der Waals surface area contributed by atoms with Gasteiger partial charge in [0, 0.05) is 18.3 Å². The molecule has 0 saturated heterocycles. The lowest BCUT2D eigenvalue weighted by Gasteiger charge is -2.11. The number of alkyl halides is 1. The van der Waals surface area contributed by atoms with E-state index in [1.807, 2.05) is 13.8 Å². The average Bonchev–Trinajstić information content (AvgIpc) is 2.07. The molecule has 0 atom stereocenters. The second-order valence-corrected chi connectivity index (χ2v) is 3.22. The van der Waals surface area contributed by atoms with Crippen LogP contribution >= 0.6 is 11.6 Å². The van der Waals surface area contributed by atoms with Crippen molar-refractivity contribution in [2.24, 2.45) is 5.92 Å². The van der Waals surface area contributed by atoms with E-state index in [4.69, 9.17) is 11.6 Å². The van der Waals surface area contributed by atoms with Crippen LogP contribution in [0.15, 0.2) is 0 Å². The Labute approximate surface area is 79.7 Å². The summed E-state index contributed by atoms with van der Waals surface area (Å²) >= 11 is 5.48.